The van der Waals surface area contributed by atoms with Crippen LogP contribution in [0.5, 0.6) is 11.6 Å². The van der Waals surface area contributed by atoms with Crippen LogP contribution in [0.3, 0.4) is 0 Å². The van der Waals surface area contributed by atoms with Crippen LogP contribution in [-0.4, -0.2) is 4.98 Å². The highest BCUT2D eigenvalue weighted by molar-refractivity contribution is 6.04. The van der Waals surface area contributed by atoms with Crippen LogP contribution < -0.4 is 9.30 Å². The SMILES string of the molecule is [C-]#[N+]Cc1ccc2c(c1)nc1c([n+]2C)-c2c(C)c(C)cc3cccc(c23)O1. The molecule has 1 aliphatic heterocycles. The van der Waals surface area contributed by atoms with Crippen molar-refractivity contribution in [3.05, 3.63) is 70.6 Å². The summed E-state index contributed by atoms with van der Waals surface area (Å²) < 4.78 is 8.40. The van der Waals surface area contributed by atoms with Crippen LogP contribution in [0.4, 0.5) is 0 Å². The summed E-state index contributed by atoms with van der Waals surface area (Å²) in [4.78, 5) is 8.31. The van der Waals surface area contributed by atoms with E-state index >= 15 is 0 Å². The van der Waals surface area contributed by atoms with Gasteiger partial charge in [-0.3, -0.25) is 0 Å². The minimum Gasteiger partial charge on any atom is -0.433 e. The van der Waals surface area contributed by atoms with Crippen molar-refractivity contribution in [2.24, 2.45) is 7.05 Å². The van der Waals surface area contributed by atoms with Gasteiger partial charge in [-0.15, -0.1) is 0 Å². The Kier molecular flexibility index (Phi) is 3.23. The molecule has 0 unspecified atom stereocenters. The smallest absolute Gasteiger partial charge is 0.294 e. The lowest BCUT2D eigenvalue weighted by Gasteiger charge is -2.21. The zero-order valence-corrected chi connectivity index (χ0v) is 15.5. The van der Waals surface area contributed by atoms with Crippen molar-refractivity contribution in [2.45, 2.75) is 20.4 Å². The lowest BCUT2D eigenvalue weighted by Crippen LogP contribution is -2.34. The Hall–Kier alpha value is -3.45. The van der Waals surface area contributed by atoms with Crippen molar-refractivity contribution < 1.29 is 9.30 Å². The number of aromatic nitrogens is 2. The van der Waals surface area contributed by atoms with Gasteiger partial charge in [0.25, 0.3) is 11.6 Å². The Bertz CT molecular complexity index is 1320. The van der Waals surface area contributed by atoms with Crippen LogP contribution in [0.15, 0.2) is 42.5 Å². The second-order valence-electron chi connectivity index (χ2n) is 7.11. The summed E-state index contributed by atoms with van der Waals surface area (Å²) in [5.41, 5.74) is 7.55. The largest absolute Gasteiger partial charge is 0.433 e. The maximum absolute atomic E-state index is 7.11. The number of hydrogen-bond donors (Lipinski definition) is 0. The first-order chi connectivity index (χ1) is 13.1. The molecular formula is C23H18N3O+. The average molecular weight is 352 g/mol. The molecule has 2 heterocycles. The van der Waals surface area contributed by atoms with Gasteiger partial charge in [0, 0.05) is 17.0 Å². The molecule has 1 aromatic heterocycles. The van der Waals surface area contributed by atoms with Crippen molar-refractivity contribution in [3.63, 3.8) is 0 Å². The van der Waals surface area contributed by atoms with E-state index in [1.807, 2.05) is 30.3 Å². The molecule has 130 valence electrons. The molecule has 0 saturated carbocycles. The molecule has 0 fully saturated rings. The van der Waals surface area contributed by atoms with Gasteiger partial charge < -0.3 is 9.58 Å². The van der Waals surface area contributed by atoms with E-state index in [0.717, 1.165) is 33.4 Å². The van der Waals surface area contributed by atoms with E-state index in [9.17, 15) is 0 Å². The van der Waals surface area contributed by atoms with Gasteiger partial charge in [-0.05, 0) is 48.6 Å². The van der Waals surface area contributed by atoms with Crippen molar-refractivity contribution in [1.82, 2.24) is 4.98 Å². The third-order valence-electron chi connectivity index (χ3n) is 5.51. The highest BCUT2D eigenvalue weighted by atomic mass is 16.5. The summed E-state index contributed by atoms with van der Waals surface area (Å²) in [6, 6.07) is 14.4. The molecule has 5 rings (SSSR count). The third-order valence-corrected chi connectivity index (χ3v) is 5.51. The van der Waals surface area contributed by atoms with E-state index < -0.39 is 0 Å². The molecule has 0 radical (unpaired) electrons. The fraction of sp³-hybridized carbons (Fsp3) is 0.174. The van der Waals surface area contributed by atoms with Crippen molar-refractivity contribution in [1.29, 1.82) is 0 Å². The van der Waals surface area contributed by atoms with Gasteiger partial charge in [0.15, 0.2) is 0 Å². The van der Waals surface area contributed by atoms with Crippen LogP contribution in [0.2, 0.25) is 0 Å². The number of rotatable bonds is 1. The quantitative estimate of drug-likeness (QED) is 0.313. The second kappa shape index (κ2) is 5.52. The molecule has 0 saturated heterocycles. The summed E-state index contributed by atoms with van der Waals surface area (Å²) >= 11 is 0. The fourth-order valence-corrected chi connectivity index (χ4v) is 4.05. The summed E-state index contributed by atoms with van der Waals surface area (Å²) in [7, 11) is 2.06. The summed E-state index contributed by atoms with van der Waals surface area (Å²) in [5.74, 6) is 1.47. The monoisotopic (exact) mass is 352 g/mol. The first-order valence-corrected chi connectivity index (χ1v) is 8.95. The summed E-state index contributed by atoms with van der Waals surface area (Å²) in [6.45, 7) is 11.8. The predicted molar refractivity (Wildman–Crippen MR) is 106 cm³/mol. The predicted octanol–water partition coefficient (Wildman–Crippen LogP) is 5.02. The molecule has 27 heavy (non-hydrogen) atoms. The lowest BCUT2D eigenvalue weighted by atomic mass is 9.91. The zero-order chi connectivity index (χ0) is 18.7. The van der Waals surface area contributed by atoms with Crippen LogP contribution >= 0.6 is 0 Å². The molecule has 0 N–H and O–H groups in total. The maximum atomic E-state index is 7.11. The number of ether oxygens (including phenoxy) is 1. The minimum absolute atomic E-state index is 0.361. The van der Waals surface area contributed by atoms with Crippen LogP contribution in [-0.2, 0) is 13.6 Å². The van der Waals surface area contributed by atoms with Gasteiger partial charge in [0.2, 0.25) is 12.1 Å². The highest BCUT2D eigenvalue weighted by Gasteiger charge is 2.32. The van der Waals surface area contributed by atoms with Crippen molar-refractivity contribution in [3.8, 4) is 22.9 Å². The maximum Gasteiger partial charge on any atom is 0.294 e. The van der Waals surface area contributed by atoms with E-state index in [1.165, 1.54) is 22.1 Å². The molecule has 0 aliphatic carbocycles. The lowest BCUT2D eigenvalue weighted by molar-refractivity contribution is -0.634. The molecule has 0 spiro atoms. The third kappa shape index (κ3) is 2.15. The number of fused-ring (bicyclic) bond motifs is 3. The Labute approximate surface area is 157 Å². The van der Waals surface area contributed by atoms with Crippen molar-refractivity contribution >= 4 is 21.8 Å². The number of aryl methyl sites for hydroxylation is 2. The van der Waals surface area contributed by atoms with Gasteiger partial charge >= 0.3 is 0 Å². The van der Waals surface area contributed by atoms with Gasteiger partial charge in [-0.2, -0.15) is 4.57 Å². The first-order valence-electron chi connectivity index (χ1n) is 8.95. The van der Waals surface area contributed by atoms with E-state index in [2.05, 4.69) is 42.4 Å². The first kappa shape index (κ1) is 15.8. The molecule has 4 aromatic rings. The zero-order valence-electron chi connectivity index (χ0n) is 15.5. The van der Waals surface area contributed by atoms with E-state index in [4.69, 9.17) is 16.3 Å². The highest BCUT2D eigenvalue weighted by Crippen LogP contribution is 2.46. The minimum atomic E-state index is 0.361. The van der Waals surface area contributed by atoms with Gasteiger partial charge in [0.05, 0.1) is 5.56 Å². The molecule has 4 heteroatoms. The Morgan fingerprint density at radius 3 is 2.81 bits per heavy atom. The number of hydrogen-bond acceptors (Lipinski definition) is 2. The molecule has 3 aromatic carbocycles. The normalized spacial score (nSPS) is 11.9. The molecular weight excluding hydrogens is 334 g/mol. The Morgan fingerprint density at radius 2 is 2.00 bits per heavy atom. The average Bonchev–Trinajstić information content (AvgIpc) is 2.65. The molecule has 1 aliphatic rings. The molecule has 0 bridgehead atoms. The molecule has 4 nitrogen and oxygen atoms in total. The standard InChI is InChI=1S/C23H18N3O/c1-13-10-16-6-5-7-19-21(16)20(14(13)2)22-23(27-19)25-17-11-15(12-24-3)8-9-18(17)26(22)4/h5-11H,12H2,1-2,4H3/q+1. The van der Waals surface area contributed by atoms with Crippen LogP contribution in [0, 0.1) is 20.4 Å². The fourth-order valence-electron chi connectivity index (χ4n) is 4.05. The summed E-state index contributed by atoms with van der Waals surface area (Å²) in [5, 5.41) is 2.33. The Balaban J connectivity index is 1.91. The summed E-state index contributed by atoms with van der Waals surface area (Å²) in [6.07, 6.45) is 0. The van der Waals surface area contributed by atoms with Crippen LogP contribution in [0.25, 0.3) is 37.9 Å². The molecule has 0 amide bonds. The van der Waals surface area contributed by atoms with Gasteiger partial charge in [-0.1, -0.05) is 18.2 Å². The van der Waals surface area contributed by atoms with E-state index in [0.29, 0.717) is 12.4 Å². The van der Waals surface area contributed by atoms with E-state index in [1.54, 1.807) is 0 Å². The second-order valence-corrected chi connectivity index (χ2v) is 7.11. The van der Waals surface area contributed by atoms with Crippen LogP contribution in [0.1, 0.15) is 16.7 Å². The van der Waals surface area contributed by atoms with Gasteiger partial charge in [0.1, 0.15) is 18.3 Å². The van der Waals surface area contributed by atoms with E-state index in [-0.39, 0.29) is 0 Å². The Morgan fingerprint density at radius 1 is 1.15 bits per heavy atom. The van der Waals surface area contributed by atoms with Gasteiger partial charge in [-0.25, -0.2) is 11.6 Å². The van der Waals surface area contributed by atoms with Crippen molar-refractivity contribution in [2.75, 3.05) is 0 Å². The number of benzene rings is 3. The topological polar surface area (TPSA) is 30.4 Å². The molecule has 0 atom stereocenters. The number of nitrogens with zero attached hydrogens (tertiary/aromatic N) is 3.